The number of ether oxygens (including phenoxy) is 2. The first kappa shape index (κ1) is 22.5. The fraction of sp³-hybridized carbons (Fsp3) is 0.0526. The van der Waals surface area contributed by atoms with Gasteiger partial charge in [0, 0.05) is 12.1 Å². The van der Waals surface area contributed by atoms with Gasteiger partial charge in [-0.05, 0) is 42.8 Å². The van der Waals surface area contributed by atoms with Gasteiger partial charge in [0.25, 0.3) is 11.4 Å². The maximum absolute atomic E-state index is 11.3. The van der Waals surface area contributed by atoms with Crippen LogP contribution in [0.25, 0.3) is 0 Å². The Morgan fingerprint density at radius 2 is 1.03 bits per heavy atom. The van der Waals surface area contributed by atoms with E-state index in [1.54, 1.807) is 6.92 Å². The number of nitro groups is 4. The van der Waals surface area contributed by atoms with Gasteiger partial charge in [-0.25, -0.2) is 0 Å². The summed E-state index contributed by atoms with van der Waals surface area (Å²) in [6, 6.07) is 10.0. The van der Waals surface area contributed by atoms with E-state index in [9.17, 15) is 40.5 Å². The molecule has 0 heterocycles. The Balaban J connectivity index is 1.89. The lowest BCUT2D eigenvalue weighted by Gasteiger charge is -2.11. The average Bonchev–Trinajstić information content (AvgIpc) is 2.75. The first-order valence-corrected chi connectivity index (χ1v) is 8.89. The Bertz CT molecular complexity index is 1310. The Hall–Kier alpha value is -5.14. The van der Waals surface area contributed by atoms with E-state index < -0.39 is 42.4 Å². The van der Waals surface area contributed by atoms with E-state index in [4.69, 9.17) is 9.47 Å². The molecule has 0 N–H and O–H groups in total. The van der Waals surface area contributed by atoms with Crippen molar-refractivity contribution in [3.63, 3.8) is 0 Å². The second kappa shape index (κ2) is 8.93. The SMILES string of the molecule is Cc1cc(Oc2ccc([N+](=O)[O-])cc2[N+](=O)[O-])ccc1Oc1ccc([N+](=O)[O-])cc1[N+](=O)[O-]. The molecule has 0 amide bonds. The average molecular weight is 456 g/mol. The highest BCUT2D eigenvalue weighted by Crippen LogP contribution is 2.38. The van der Waals surface area contributed by atoms with Crippen LogP contribution in [0.2, 0.25) is 0 Å². The first-order valence-electron chi connectivity index (χ1n) is 8.89. The molecule has 0 aliphatic heterocycles. The molecule has 3 aromatic rings. The van der Waals surface area contributed by atoms with Crippen molar-refractivity contribution < 1.29 is 29.2 Å². The third-order valence-corrected chi connectivity index (χ3v) is 4.29. The van der Waals surface area contributed by atoms with Crippen molar-refractivity contribution in [1.82, 2.24) is 0 Å². The van der Waals surface area contributed by atoms with Crippen LogP contribution in [0.15, 0.2) is 54.6 Å². The molecule has 0 fully saturated rings. The number of hydrogen-bond acceptors (Lipinski definition) is 10. The number of non-ortho nitro benzene ring substituents is 2. The van der Waals surface area contributed by atoms with E-state index in [0.717, 1.165) is 36.4 Å². The van der Waals surface area contributed by atoms with Gasteiger partial charge in [0.2, 0.25) is 11.5 Å². The predicted octanol–water partition coefficient (Wildman–Crippen LogP) is 5.21. The van der Waals surface area contributed by atoms with Crippen molar-refractivity contribution in [2.45, 2.75) is 6.92 Å². The summed E-state index contributed by atoms with van der Waals surface area (Å²) in [6.07, 6.45) is 0. The van der Waals surface area contributed by atoms with Crippen LogP contribution < -0.4 is 9.47 Å². The van der Waals surface area contributed by atoms with Crippen LogP contribution in [0, 0.1) is 47.4 Å². The molecule has 168 valence electrons. The minimum Gasteiger partial charge on any atom is -0.450 e. The summed E-state index contributed by atoms with van der Waals surface area (Å²) < 4.78 is 11.0. The molecule has 0 aliphatic rings. The molecule has 0 saturated carbocycles. The van der Waals surface area contributed by atoms with E-state index in [2.05, 4.69) is 0 Å². The molecule has 0 bridgehead atoms. The zero-order valence-electron chi connectivity index (χ0n) is 16.6. The number of nitrogens with zero attached hydrogens (tertiary/aromatic N) is 4. The normalized spacial score (nSPS) is 10.3. The molecule has 0 unspecified atom stereocenters. The smallest absolute Gasteiger partial charge is 0.318 e. The molecular formula is C19H12N4O10. The standard InChI is InChI=1S/C19H12N4O10/c1-11-8-14(32-18-5-2-12(20(24)25)9-15(18)22(28)29)4-7-17(11)33-19-6-3-13(21(26)27)10-16(19)23(30)31/h2-10H,1H3. The summed E-state index contributed by atoms with van der Waals surface area (Å²) in [5.74, 6) is -0.162. The van der Waals surface area contributed by atoms with E-state index in [-0.39, 0.29) is 23.0 Å². The van der Waals surface area contributed by atoms with E-state index in [0.29, 0.717) is 5.56 Å². The van der Waals surface area contributed by atoms with Gasteiger partial charge in [0.05, 0.1) is 31.8 Å². The molecule has 33 heavy (non-hydrogen) atoms. The molecule has 14 heteroatoms. The van der Waals surface area contributed by atoms with Gasteiger partial charge in [0.15, 0.2) is 0 Å². The quantitative estimate of drug-likeness (QED) is 0.321. The van der Waals surface area contributed by atoms with Crippen LogP contribution >= 0.6 is 0 Å². The minimum atomic E-state index is -0.819. The lowest BCUT2D eigenvalue weighted by atomic mass is 10.2. The maximum atomic E-state index is 11.3. The highest BCUT2D eigenvalue weighted by molar-refractivity contribution is 5.57. The summed E-state index contributed by atoms with van der Waals surface area (Å²) in [7, 11) is 0. The molecule has 3 rings (SSSR count). The van der Waals surface area contributed by atoms with E-state index >= 15 is 0 Å². The van der Waals surface area contributed by atoms with Crippen LogP contribution in [-0.4, -0.2) is 19.7 Å². The molecule has 0 spiro atoms. The van der Waals surface area contributed by atoms with Crippen molar-refractivity contribution in [3.8, 4) is 23.0 Å². The zero-order valence-corrected chi connectivity index (χ0v) is 16.6. The van der Waals surface area contributed by atoms with Crippen LogP contribution in [0.3, 0.4) is 0 Å². The van der Waals surface area contributed by atoms with Crippen LogP contribution in [-0.2, 0) is 0 Å². The van der Waals surface area contributed by atoms with Gasteiger partial charge in [-0.1, -0.05) is 0 Å². The third-order valence-electron chi connectivity index (χ3n) is 4.29. The highest BCUT2D eigenvalue weighted by atomic mass is 16.6. The fourth-order valence-corrected chi connectivity index (χ4v) is 2.74. The number of hydrogen-bond donors (Lipinski definition) is 0. The number of benzene rings is 3. The summed E-state index contributed by atoms with van der Waals surface area (Å²) in [5.41, 5.74) is -1.74. The third kappa shape index (κ3) is 4.96. The molecule has 14 nitrogen and oxygen atoms in total. The van der Waals surface area contributed by atoms with Gasteiger partial charge in [-0.3, -0.25) is 40.5 Å². The van der Waals surface area contributed by atoms with Crippen LogP contribution in [0.5, 0.6) is 23.0 Å². The topological polar surface area (TPSA) is 191 Å². The Labute approximate surface area is 183 Å². The van der Waals surface area contributed by atoms with Crippen molar-refractivity contribution in [2.75, 3.05) is 0 Å². The second-order valence-corrected chi connectivity index (χ2v) is 6.46. The zero-order chi connectivity index (χ0) is 24.3. The van der Waals surface area contributed by atoms with Gasteiger partial charge in [-0.2, -0.15) is 0 Å². The van der Waals surface area contributed by atoms with E-state index in [1.807, 2.05) is 0 Å². The largest absolute Gasteiger partial charge is 0.450 e. The van der Waals surface area contributed by atoms with Gasteiger partial charge < -0.3 is 9.47 Å². The minimum absolute atomic E-state index is 0.134. The van der Waals surface area contributed by atoms with Gasteiger partial charge in [-0.15, -0.1) is 0 Å². The molecule has 0 radical (unpaired) electrons. The fourth-order valence-electron chi connectivity index (χ4n) is 2.74. The van der Waals surface area contributed by atoms with Crippen molar-refractivity contribution in [1.29, 1.82) is 0 Å². The number of rotatable bonds is 8. The Morgan fingerprint density at radius 1 is 0.576 bits per heavy atom. The lowest BCUT2D eigenvalue weighted by Crippen LogP contribution is -1.98. The predicted molar refractivity (Wildman–Crippen MR) is 111 cm³/mol. The first-order chi connectivity index (χ1) is 15.6. The molecule has 3 aromatic carbocycles. The summed E-state index contributed by atoms with van der Waals surface area (Å²) in [5, 5.41) is 44.2. The van der Waals surface area contributed by atoms with Crippen LogP contribution in [0.1, 0.15) is 5.56 Å². The highest BCUT2D eigenvalue weighted by Gasteiger charge is 2.23. The molecule has 0 saturated heterocycles. The van der Waals surface area contributed by atoms with Crippen molar-refractivity contribution in [3.05, 3.63) is 101 Å². The Morgan fingerprint density at radius 3 is 1.45 bits per heavy atom. The van der Waals surface area contributed by atoms with Crippen LogP contribution in [0.4, 0.5) is 22.7 Å². The monoisotopic (exact) mass is 456 g/mol. The molecule has 0 aromatic heterocycles. The van der Waals surface area contributed by atoms with Gasteiger partial charge >= 0.3 is 11.4 Å². The van der Waals surface area contributed by atoms with E-state index in [1.165, 1.54) is 18.2 Å². The van der Waals surface area contributed by atoms with Gasteiger partial charge in [0.1, 0.15) is 11.5 Å². The summed E-state index contributed by atoms with van der Waals surface area (Å²) >= 11 is 0. The lowest BCUT2D eigenvalue weighted by molar-refractivity contribution is -0.394. The number of aryl methyl sites for hydroxylation is 1. The summed E-state index contributed by atoms with van der Waals surface area (Å²) in [4.78, 5) is 41.0. The van der Waals surface area contributed by atoms with Crippen molar-refractivity contribution >= 4 is 22.7 Å². The summed E-state index contributed by atoms with van der Waals surface area (Å²) in [6.45, 7) is 1.57. The Kier molecular flexibility index (Phi) is 6.10. The van der Waals surface area contributed by atoms with Crippen molar-refractivity contribution in [2.24, 2.45) is 0 Å². The second-order valence-electron chi connectivity index (χ2n) is 6.46. The molecular weight excluding hydrogens is 444 g/mol. The molecule has 0 atom stereocenters. The number of nitro benzene ring substituents is 4. The molecule has 0 aliphatic carbocycles. The maximum Gasteiger partial charge on any atom is 0.318 e.